The Morgan fingerprint density at radius 2 is 2.00 bits per heavy atom. The third-order valence-corrected chi connectivity index (χ3v) is 1.97. The number of aromatic nitrogens is 2. The van der Waals surface area contributed by atoms with Gasteiger partial charge in [0.05, 0.1) is 0 Å². The normalized spacial score (nSPS) is 17.5. The minimum Gasteiger partial charge on any atom is -0.408 e. The zero-order valence-electron chi connectivity index (χ0n) is 8.29. The highest BCUT2D eigenvalue weighted by atomic mass is 16.4. The van der Waals surface area contributed by atoms with Crippen molar-refractivity contribution in [2.45, 2.75) is 45.1 Å². The van der Waals surface area contributed by atoms with Crippen molar-refractivity contribution in [3.05, 3.63) is 5.89 Å². The van der Waals surface area contributed by atoms with Crippen LogP contribution in [0.1, 0.15) is 39.5 Å². The molecule has 0 saturated heterocycles. The van der Waals surface area contributed by atoms with E-state index in [9.17, 15) is 0 Å². The Kier molecular flexibility index (Phi) is 1.78. The molecule has 1 heterocycles. The number of hydrogen-bond donors (Lipinski definition) is 1. The second kappa shape index (κ2) is 2.72. The number of nitrogens with one attached hydrogen (secondary N) is 1. The Morgan fingerprint density at radius 3 is 2.46 bits per heavy atom. The quantitative estimate of drug-likeness (QED) is 0.757. The highest BCUT2D eigenvalue weighted by Gasteiger charge is 2.25. The second-order valence-corrected chi connectivity index (χ2v) is 4.58. The first kappa shape index (κ1) is 8.53. The lowest BCUT2D eigenvalue weighted by molar-refractivity contribution is 0.399. The number of hydrogen-bond acceptors (Lipinski definition) is 4. The van der Waals surface area contributed by atoms with Gasteiger partial charge < -0.3 is 9.73 Å². The third-order valence-electron chi connectivity index (χ3n) is 1.97. The molecule has 0 spiro atoms. The van der Waals surface area contributed by atoms with Gasteiger partial charge in [-0.2, -0.15) is 0 Å². The molecule has 4 nitrogen and oxygen atoms in total. The minimum absolute atomic E-state index is 0.0590. The fourth-order valence-electron chi connectivity index (χ4n) is 0.987. The van der Waals surface area contributed by atoms with Gasteiger partial charge in [-0.25, -0.2) is 0 Å². The third kappa shape index (κ3) is 1.99. The molecule has 1 aliphatic carbocycles. The van der Waals surface area contributed by atoms with Gasteiger partial charge in [-0.15, -0.1) is 5.10 Å². The van der Waals surface area contributed by atoms with E-state index in [1.54, 1.807) is 0 Å². The monoisotopic (exact) mass is 181 g/mol. The molecule has 2 rings (SSSR count). The van der Waals surface area contributed by atoms with E-state index < -0.39 is 0 Å². The number of nitrogens with zero attached hydrogens (tertiary/aromatic N) is 2. The summed E-state index contributed by atoms with van der Waals surface area (Å²) in [7, 11) is 0. The van der Waals surface area contributed by atoms with E-state index >= 15 is 0 Å². The first-order valence-corrected chi connectivity index (χ1v) is 4.66. The van der Waals surface area contributed by atoms with E-state index in [-0.39, 0.29) is 5.41 Å². The van der Waals surface area contributed by atoms with Gasteiger partial charge >= 0.3 is 6.01 Å². The second-order valence-electron chi connectivity index (χ2n) is 4.58. The minimum atomic E-state index is -0.0590. The van der Waals surface area contributed by atoms with Crippen molar-refractivity contribution in [2.24, 2.45) is 0 Å². The van der Waals surface area contributed by atoms with Crippen LogP contribution >= 0.6 is 0 Å². The van der Waals surface area contributed by atoms with Crippen LogP contribution in [-0.4, -0.2) is 16.2 Å². The van der Waals surface area contributed by atoms with Gasteiger partial charge in [0, 0.05) is 11.5 Å². The van der Waals surface area contributed by atoms with E-state index in [1.165, 1.54) is 12.8 Å². The molecule has 1 aromatic heterocycles. The number of anilines is 1. The van der Waals surface area contributed by atoms with E-state index in [4.69, 9.17) is 4.42 Å². The molecule has 0 amide bonds. The lowest BCUT2D eigenvalue weighted by Gasteiger charge is -2.10. The molecule has 1 fully saturated rings. The summed E-state index contributed by atoms with van der Waals surface area (Å²) in [6.07, 6.45) is 2.43. The van der Waals surface area contributed by atoms with Gasteiger partial charge in [0.2, 0.25) is 5.89 Å². The van der Waals surface area contributed by atoms with Crippen LogP contribution in [0, 0.1) is 0 Å². The van der Waals surface area contributed by atoms with Crippen LogP contribution in [-0.2, 0) is 5.41 Å². The molecule has 0 unspecified atom stereocenters. The zero-order chi connectivity index (χ0) is 9.47. The SMILES string of the molecule is CC(C)(C)c1nnc(NC2CC2)o1. The molecule has 1 aliphatic rings. The van der Waals surface area contributed by atoms with Crippen LogP contribution < -0.4 is 5.32 Å². The largest absolute Gasteiger partial charge is 0.408 e. The van der Waals surface area contributed by atoms with E-state index in [0.29, 0.717) is 17.9 Å². The van der Waals surface area contributed by atoms with Crippen molar-refractivity contribution in [3.63, 3.8) is 0 Å². The molecule has 1 N–H and O–H groups in total. The molecule has 72 valence electrons. The van der Waals surface area contributed by atoms with Gasteiger partial charge in [0.15, 0.2) is 0 Å². The Morgan fingerprint density at radius 1 is 1.31 bits per heavy atom. The average Bonchev–Trinajstić information content (AvgIpc) is 2.63. The highest BCUT2D eigenvalue weighted by Crippen LogP contribution is 2.26. The lowest BCUT2D eigenvalue weighted by Crippen LogP contribution is -2.11. The van der Waals surface area contributed by atoms with Crippen molar-refractivity contribution in [2.75, 3.05) is 5.32 Å². The molecule has 0 aliphatic heterocycles. The van der Waals surface area contributed by atoms with Crippen LogP contribution in [0.25, 0.3) is 0 Å². The molecular weight excluding hydrogens is 166 g/mol. The lowest BCUT2D eigenvalue weighted by atomic mass is 9.97. The van der Waals surface area contributed by atoms with Crippen LogP contribution in [0.3, 0.4) is 0 Å². The zero-order valence-corrected chi connectivity index (χ0v) is 8.29. The predicted molar refractivity (Wildman–Crippen MR) is 49.6 cm³/mol. The van der Waals surface area contributed by atoms with Crippen molar-refractivity contribution in [1.82, 2.24) is 10.2 Å². The van der Waals surface area contributed by atoms with E-state index in [2.05, 4.69) is 36.3 Å². The first-order valence-electron chi connectivity index (χ1n) is 4.66. The van der Waals surface area contributed by atoms with E-state index in [1.807, 2.05) is 0 Å². The summed E-state index contributed by atoms with van der Waals surface area (Å²) in [5.74, 6) is 0.690. The van der Waals surface area contributed by atoms with Crippen molar-refractivity contribution < 1.29 is 4.42 Å². The molecular formula is C9H15N3O. The summed E-state index contributed by atoms with van der Waals surface area (Å²) in [5, 5.41) is 11.1. The Balaban J connectivity index is 2.08. The van der Waals surface area contributed by atoms with Crippen molar-refractivity contribution >= 4 is 6.01 Å². The summed E-state index contributed by atoms with van der Waals surface area (Å²) >= 11 is 0. The number of rotatable bonds is 2. The van der Waals surface area contributed by atoms with E-state index in [0.717, 1.165) is 0 Å². The van der Waals surface area contributed by atoms with Crippen molar-refractivity contribution in [3.8, 4) is 0 Å². The molecule has 0 aromatic carbocycles. The maximum atomic E-state index is 5.47. The Bertz CT molecular complexity index is 296. The fourth-order valence-corrected chi connectivity index (χ4v) is 0.987. The standard InChI is InChI=1S/C9H15N3O/c1-9(2,3)7-11-12-8(13-7)10-6-4-5-6/h6H,4-5H2,1-3H3,(H,10,12). The molecule has 0 bridgehead atoms. The maximum Gasteiger partial charge on any atom is 0.315 e. The fraction of sp³-hybridized carbons (Fsp3) is 0.778. The topological polar surface area (TPSA) is 51.0 Å². The van der Waals surface area contributed by atoms with Gasteiger partial charge in [0.25, 0.3) is 0 Å². The van der Waals surface area contributed by atoms with Gasteiger partial charge in [-0.1, -0.05) is 25.9 Å². The van der Waals surface area contributed by atoms with Crippen LogP contribution in [0.4, 0.5) is 6.01 Å². The Hall–Kier alpha value is -1.06. The maximum absolute atomic E-state index is 5.47. The highest BCUT2D eigenvalue weighted by molar-refractivity contribution is 5.23. The smallest absolute Gasteiger partial charge is 0.315 e. The first-order chi connectivity index (χ1) is 6.05. The molecule has 1 saturated carbocycles. The summed E-state index contributed by atoms with van der Waals surface area (Å²) < 4.78 is 5.47. The predicted octanol–water partition coefficient (Wildman–Crippen LogP) is 1.94. The van der Waals surface area contributed by atoms with Gasteiger partial charge in [-0.05, 0) is 12.8 Å². The summed E-state index contributed by atoms with van der Waals surface area (Å²) in [6, 6.07) is 1.13. The molecule has 1 aromatic rings. The van der Waals surface area contributed by atoms with Gasteiger partial charge in [-0.3, -0.25) is 0 Å². The average molecular weight is 181 g/mol. The van der Waals surface area contributed by atoms with Crippen LogP contribution in [0.2, 0.25) is 0 Å². The van der Waals surface area contributed by atoms with Gasteiger partial charge in [0.1, 0.15) is 0 Å². The summed E-state index contributed by atoms with van der Waals surface area (Å²) in [6.45, 7) is 6.17. The molecule has 0 radical (unpaired) electrons. The molecule has 13 heavy (non-hydrogen) atoms. The molecule has 4 heteroatoms. The summed E-state index contributed by atoms with van der Waals surface area (Å²) in [4.78, 5) is 0. The molecule has 0 atom stereocenters. The Labute approximate surface area is 77.7 Å². The van der Waals surface area contributed by atoms with Crippen LogP contribution in [0.5, 0.6) is 0 Å². The van der Waals surface area contributed by atoms with Crippen molar-refractivity contribution in [1.29, 1.82) is 0 Å². The summed E-state index contributed by atoms with van der Waals surface area (Å²) in [5.41, 5.74) is -0.0590. The van der Waals surface area contributed by atoms with Crippen LogP contribution in [0.15, 0.2) is 4.42 Å².